The van der Waals surface area contributed by atoms with Crippen molar-refractivity contribution in [3.8, 4) is 12.3 Å². The Kier molecular flexibility index (Phi) is 2.91. The third-order valence-corrected chi connectivity index (χ3v) is 4.45. The van der Waals surface area contributed by atoms with E-state index in [0.717, 1.165) is 11.8 Å². The average molecular weight is 225 g/mol. The average Bonchev–Trinajstić information content (AvgIpc) is 2.62. The summed E-state index contributed by atoms with van der Waals surface area (Å²) >= 11 is 0. The molecule has 2 aliphatic carbocycles. The Morgan fingerprint density at radius 2 is 1.71 bits per heavy atom. The Balaban J connectivity index is 1.85. The molecule has 0 aromatic heterocycles. The highest BCUT2D eigenvalue weighted by Gasteiger charge is 2.38. The number of nitrogens with one attached hydrogen (secondary N) is 1. The molecule has 0 aliphatic heterocycles. The van der Waals surface area contributed by atoms with Crippen molar-refractivity contribution < 1.29 is 0 Å². The molecule has 0 saturated heterocycles. The highest BCUT2D eigenvalue weighted by molar-refractivity contribution is 5.30. The van der Waals surface area contributed by atoms with Crippen LogP contribution in [0.4, 0.5) is 0 Å². The SMILES string of the molecule is C#CCNC1C2CCC1Cc1ccccc1C2. The standard InChI is InChI=1S/C16H19N/c1-2-9-17-16-14-7-8-15(16)11-13-6-4-3-5-12(13)10-14/h1,3-6,14-17H,7-11H2. The van der Waals surface area contributed by atoms with Gasteiger partial charge < -0.3 is 5.32 Å². The van der Waals surface area contributed by atoms with Crippen molar-refractivity contribution >= 4 is 0 Å². The van der Waals surface area contributed by atoms with Gasteiger partial charge in [-0.25, -0.2) is 0 Å². The van der Waals surface area contributed by atoms with Gasteiger partial charge in [0, 0.05) is 6.04 Å². The first kappa shape index (κ1) is 10.9. The molecule has 1 heteroatoms. The largest absolute Gasteiger partial charge is 0.303 e. The molecule has 2 bridgehead atoms. The van der Waals surface area contributed by atoms with Crippen LogP contribution in [0.2, 0.25) is 0 Å². The molecule has 3 rings (SSSR count). The third-order valence-electron chi connectivity index (χ3n) is 4.45. The normalized spacial score (nSPS) is 30.4. The van der Waals surface area contributed by atoms with E-state index in [-0.39, 0.29) is 0 Å². The van der Waals surface area contributed by atoms with Gasteiger partial charge in [-0.2, -0.15) is 0 Å². The van der Waals surface area contributed by atoms with Crippen LogP contribution in [0, 0.1) is 24.2 Å². The summed E-state index contributed by atoms with van der Waals surface area (Å²) in [6.07, 6.45) is 10.6. The molecule has 0 radical (unpaired) electrons. The van der Waals surface area contributed by atoms with Crippen molar-refractivity contribution in [1.82, 2.24) is 5.32 Å². The number of rotatable bonds is 2. The summed E-state index contributed by atoms with van der Waals surface area (Å²) in [5, 5.41) is 3.57. The predicted octanol–water partition coefficient (Wildman–Crippen LogP) is 2.40. The minimum atomic E-state index is 0.637. The number of benzene rings is 1. The molecule has 0 amide bonds. The first-order chi connectivity index (χ1) is 8.38. The van der Waals surface area contributed by atoms with Crippen LogP contribution in [0.25, 0.3) is 0 Å². The molecule has 2 aliphatic rings. The summed E-state index contributed by atoms with van der Waals surface area (Å²) in [5.74, 6) is 4.29. The Morgan fingerprint density at radius 1 is 1.12 bits per heavy atom. The number of hydrogen-bond acceptors (Lipinski definition) is 1. The van der Waals surface area contributed by atoms with E-state index in [1.165, 1.54) is 25.7 Å². The quantitative estimate of drug-likeness (QED) is 0.762. The molecule has 1 fully saturated rings. The van der Waals surface area contributed by atoms with Crippen LogP contribution in [0.15, 0.2) is 24.3 Å². The van der Waals surface area contributed by atoms with E-state index in [1.54, 1.807) is 11.1 Å². The highest BCUT2D eigenvalue weighted by Crippen LogP contribution is 2.39. The van der Waals surface area contributed by atoms with Crippen molar-refractivity contribution in [1.29, 1.82) is 0 Å². The van der Waals surface area contributed by atoms with Crippen LogP contribution in [-0.4, -0.2) is 12.6 Å². The van der Waals surface area contributed by atoms with Gasteiger partial charge in [-0.15, -0.1) is 6.42 Å². The van der Waals surface area contributed by atoms with E-state index in [0.29, 0.717) is 12.6 Å². The van der Waals surface area contributed by atoms with Gasteiger partial charge in [0.1, 0.15) is 0 Å². The molecule has 2 atom stereocenters. The zero-order valence-electron chi connectivity index (χ0n) is 10.2. The first-order valence-electron chi connectivity index (χ1n) is 6.62. The topological polar surface area (TPSA) is 12.0 Å². The van der Waals surface area contributed by atoms with E-state index >= 15 is 0 Å². The van der Waals surface area contributed by atoms with E-state index in [2.05, 4.69) is 35.5 Å². The second-order valence-electron chi connectivity index (χ2n) is 5.39. The molecule has 0 spiro atoms. The summed E-state index contributed by atoms with van der Waals surface area (Å²) in [6, 6.07) is 9.57. The summed E-state index contributed by atoms with van der Waals surface area (Å²) in [5.41, 5.74) is 3.12. The molecule has 0 heterocycles. The van der Waals surface area contributed by atoms with Crippen molar-refractivity contribution in [3.63, 3.8) is 0 Å². The smallest absolute Gasteiger partial charge is 0.0576 e. The van der Waals surface area contributed by atoms with Gasteiger partial charge in [0.25, 0.3) is 0 Å². The summed E-state index contributed by atoms with van der Waals surface area (Å²) < 4.78 is 0. The number of terminal acetylenes is 1. The van der Waals surface area contributed by atoms with Crippen molar-refractivity contribution in [3.05, 3.63) is 35.4 Å². The molecule has 1 N–H and O–H groups in total. The molecule has 88 valence electrons. The van der Waals surface area contributed by atoms with Crippen LogP contribution >= 0.6 is 0 Å². The van der Waals surface area contributed by atoms with Gasteiger partial charge in [-0.05, 0) is 48.6 Å². The fraction of sp³-hybridized carbons (Fsp3) is 0.500. The van der Waals surface area contributed by atoms with E-state index in [9.17, 15) is 0 Å². The molecular weight excluding hydrogens is 206 g/mol. The zero-order valence-corrected chi connectivity index (χ0v) is 10.2. The maximum absolute atomic E-state index is 5.37. The van der Waals surface area contributed by atoms with Gasteiger partial charge in [0.15, 0.2) is 0 Å². The summed E-state index contributed by atoms with van der Waals surface area (Å²) in [4.78, 5) is 0. The minimum absolute atomic E-state index is 0.637. The van der Waals surface area contributed by atoms with E-state index in [1.807, 2.05) is 0 Å². The monoisotopic (exact) mass is 225 g/mol. The summed E-state index contributed by atoms with van der Waals surface area (Å²) in [6.45, 7) is 0.716. The molecule has 1 saturated carbocycles. The molecule has 1 aromatic carbocycles. The third kappa shape index (κ3) is 1.98. The van der Waals surface area contributed by atoms with Crippen LogP contribution in [0.3, 0.4) is 0 Å². The molecule has 2 unspecified atom stereocenters. The van der Waals surface area contributed by atoms with Gasteiger partial charge in [-0.1, -0.05) is 30.2 Å². The Labute approximate surface area is 104 Å². The van der Waals surface area contributed by atoms with Crippen LogP contribution in [-0.2, 0) is 12.8 Å². The summed E-state index contributed by atoms with van der Waals surface area (Å²) in [7, 11) is 0. The van der Waals surface area contributed by atoms with E-state index < -0.39 is 0 Å². The van der Waals surface area contributed by atoms with Gasteiger partial charge in [0.05, 0.1) is 6.54 Å². The molecule has 1 nitrogen and oxygen atoms in total. The second kappa shape index (κ2) is 4.55. The number of fused-ring (bicyclic) bond motifs is 3. The molecule has 1 aromatic rings. The van der Waals surface area contributed by atoms with Crippen LogP contribution < -0.4 is 5.32 Å². The lowest BCUT2D eigenvalue weighted by Crippen LogP contribution is -2.38. The zero-order chi connectivity index (χ0) is 11.7. The Bertz CT molecular complexity index is 410. The predicted molar refractivity (Wildman–Crippen MR) is 70.7 cm³/mol. The second-order valence-corrected chi connectivity index (χ2v) is 5.39. The fourth-order valence-electron chi connectivity index (χ4n) is 3.66. The molecule has 17 heavy (non-hydrogen) atoms. The maximum atomic E-state index is 5.37. The lowest BCUT2D eigenvalue weighted by Gasteiger charge is -2.22. The first-order valence-corrected chi connectivity index (χ1v) is 6.62. The van der Waals surface area contributed by atoms with Gasteiger partial charge in [0.2, 0.25) is 0 Å². The Hall–Kier alpha value is -1.26. The van der Waals surface area contributed by atoms with Crippen LogP contribution in [0.5, 0.6) is 0 Å². The van der Waals surface area contributed by atoms with Crippen molar-refractivity contribution in [2.24, 2.45) is 11.8 Å². The lowest BCUT2D eigenvalue weighted by atomic mass is 9.94. The minimum Gasteiger partial charge on any atom is -0.303 e. The number of hydrogen-bond donors (Lipinski definition) is 1. The van der Waals surface area contributed by atoms with Crippen molar-refractivity contribution in [2.75, 3.05) is 6.54 Å². The van der Waals surface area contributed by atoms with Crippen LogP contribution in [0.1, 0.15) is 24.0 Å². The van der Waals surface area contributed by atoms with Gasteiger partial charge in [-0.3, -0.25) is 0 Å². The van der Waals surface area contributed by atoms with E-state index in [4.69, 9.17) is 6.42 Å². The highest BCUT2D eigenvalue weighted by atomic mass is 14.9. The van der Waals surface area contributed by atoms with Crippen molar-refractivity contribution in [2.45, 2.75) is 31.7 Å². The molecular formula is C16H19N. The fourth-order valence-corrected chi connectivity index (χ4v) is 3.66. The Morgan fingerprint density at radius 3 is 2.24 bits per heavy atom. The lowest BCUT2D eigenvalue weighted by molar-refractivity contribution is 0.356. The maximum Gasteiger partial charge on any atom is 0.0576 e. The van der Waals surface area contributed by atoms with Gasteiger partial charge >= 0.3 is 0 Å².